The zero-order chi connectivity index (χ0) is 22.4. The monoisotopic (exact) mass is 438 g/mol. The van der Waals surface area contributed by atoms with E-state index in [-0.39, 0.29) is 5.78 Å². The molecule has 0 heterocycles. The van der Waals surface area contributed by atoms with Gasteiger partial charge in [-0.25, -0.2) is 0 Å². The second-order valence-corrected chi connectivity index (χ2v) is 10.9. The van der Waals surface area contributed by atoms with Gasteiger partial charge in [0.2, 0.25) is 0 Å². The van der Waals surface area contributed by atoms with Crippen LogP contribution in [0.15, 0.2) is 115 Å². The number of benzene rings is 4. The van der Waals surface area contributed by atoms with E-state index < -0.39 is 6.89 Å². The van der Waals surface area contributed by atoms with Gasteiger partial charge in [0.1, 0.15) is 5.75 Å². The zero-order valence-electron chi connectivity index (χ0n) is 18.4. The van der Waals surface area contributed by atoms with Crippen LogP contribution in [0.2, 0.25) is 0 Å². The number of carbonyl (C=O) groups excluding carboxylic acids is 1. The van der Waals surface area contributed by atoms with Crippen molar-refractivity contribution in [2.45, 2.75) is 13.3 Å². The lowest BCUT2D eigenvalue weighted by Gasteiger charge is -2.32. The lowest BCUT2D eigenvalue weighted by Crippen LogP contribution is -2.33. The smallest absolute Gasteiger partial charge is 0.193 e. The zero-order valence-corrected chi connectivity index (χ0v) is 19.3. The Hall–Kier alpha value is -3.35. The summed E-state index contributed by atoms with van der Waals surface area (Å²) in [5, 5.41) is 4.46. The third kappa shape index (κ3) is 3.83. The second-order valence-electron chi connectivity index (χ2n) is 7.51. The summed E-state index contributed by atoms with van der Waals surface area (Å²) < 4.78 is 5.57. The molecule has 160 valence electrons. The van der Waals surface area contributed by atoms with Gasteiger partial charge in [-0.05, 0) is 41.4 Å². The number of hydrogen-bond acceptors (Lipinski definition) is 2. The van der Waals surface area contributed by atoms with E-state index in [0.717, 1.165) is 5.29 Å². The van der Waals surface area contributed by atoms with E-state index in [2.05, 4.69) is 79.7 Å². The van der Waals surface area contributed by atoms with Crippen molar-refractivity contribution in [3.05, 3.63) is 121 Å². The van der Waals surface area contributed by atoms with Crippen molar-refractivity contribution in [3.8, 4) is 5.75 Å². The first-order valence-corrected chi connectivity index (χ1v) is 12.6. The number of carbonyl (C=O) groups is 1. The lowest BCUT2D eigenvalue weighted by molar-refractivity contribution is 0.106. The molecule has 0 N–H and O–H groups in total. The molecule has 0 spiro atoms. The minimum Gasteiger partial charge on any atom is -0.496 e. The molecule has 0 fully saturated rings. The highest BCUT2D eigenvalue weighted by Gasteiger charge is 2.33. The predicted octanol–water partition coefficient (Wildman–Crippen LogP) is 5.45. The molecule has 0 aliphatic carbocycles. The summed E-state index contributed by atoms with van der Waals surface area (Å²) in [4.78, 5) is 14.2. The van der Waals surface area contributed by atoms with Gasteiger partial charge < -0.3 is 4.74 Å². The van der Waals surface area contributed by atoms with Gasteiger partial charge in [0.25, 0.3) is 0 Å². The molecule has 0 bridgehead atoms. The fourth-order valence-corrected chi connectivity index (χ4v) is 8.99. The topological polar surface area (TPSA) is 26.3 Å². The normalized spacial score (nSPS) is 11.1. The predicted molar refractivity (Wildman–Crippen MR) is 138 cm³/mol. The Morgan fingerprint density at radius 1 is 0.656 bits per heavy atom. The van der Waals surface area contributed by atoms with Gasteiger partial charge in [0, 0.05) is 5.29 Å². The molecular formula is C29H27O2P. The standard InChI is InChI=1S/C29H27O2P/c1-3-28(29(30)26-21-13-14-22-27(26)31-2)32(23-15-7-4-8-16-23,24-17-9-5-10-18-24)25-19-11-6-12-20-25/h4-22H,3H2,1-2H3. The Labute approximate surface area is 190 Å². The quantitative estimate of drug-likeness (QED) is 0.283. The van der Waals surface area contributed by atoms with E-state index in [1.54, 1.807) is 7.11 Å². The summed E-state index contributed by atoms with van der Waals surface area (Å²) in [6, 6.07) is 39.0. The molecule has 0 aliphatic rings. The van der Waals surface area contributed by atoms with Crippen LogP contribution in [0, 0.1) is 0 Å². The Bertz CT molecular complexity index is 1140. The fraction of sp³-hybridized carbons (Fsp3) is 0.103. The molecule has 0 aromatic heterocycles. The first-order chi connectivity index (χ1) is 15.7. The minimum atomic E-state index is -2.40. The van der Waals surface area contributed by atoms with Gasteiger partial charge >= 0.3 is 0 Å². The largest absolute Gasteiger partial charge is 0.496 e. The molecule has 4 rings (SSSR count). The number of para-hydroxylation sites is 1. The molecule has 32 heavy (non-hydrogen) atoms. The van der Waals surface area contributed by atoms with Crippen LogP contribution in [0.5, 0.6) is 5.75 Å². The van der Waals surface area contributed by atoms with Gasteiger partial charge in [-0.1, -0.05) is 110 Å². The lowest BCUT2D eigenvalue weighted by atomic mass is 10.1. The van der Waals surface area contributed by atoms with Crippen LogP contribution in [0.3, 0.4) is 0 Å². The van der Waals surface area contributed by atoms with E-state index in [1.165, 1.54) is 15.9 Å². The molecule has 4 aromatic carbocycles. The highest BCUT2D eigenvalue weighted by molar-refractivity contribution is 7.96. The molecule has 0 unspecified atom stereocenters. The first-order valence-electron chi connectivity index (χ1n) is 10.8. The van der Waals surface area contributed by atoms with Crippen LogP contribution in [0.4, 0.5) is 0 Å². The molecule has 0 aliphatic heterocycles. The molecule has 0 amide bonds. The Kier molecular flexibility index (Phi) is 6.73. The maximum absolute atomic E-state index is 14.2. The van der Waals surface area contributed by atoms with E-state index >= 15 is 0 Å². The van der Waals surface area contributed by atoms with Gasteiger partial charge in [0.15, 0.2) is 5.78 Å². The number of hydrogen-bond donors (Lipinski definition) is 0. The Morgan fingerprint density at radius 3 is 1.47 bits per heavy atom. The van der Waals surface area contributed by atoms with Crippen LogP contribution >= 0.6 is 6.89 Å². The summed E-state index contributed by atoms with van der Waals surface area (Å²) in [6.07, 6.45) is 0.642. The van der Waals surface area contributed by atoms with Crippen molar-refractivity contribution in [1.82, 2.24) is 0 Å². The third-order valence-corrected chi connectivity index (χ3v) is 10.3. The molecular weight excluding hydrogens is 411 g/mol. The average Bonchev–Trinajstić information content (AvgIpc) is 2.88. The molecule has 0 atom stereocenters. The van der Waals surface area contributed by atoms with Crippen LogP contribution in [0.1, 0.15) is 23.7 Å². The molecule has 0 radical (unpaired) electrons. The molecule has 0 saturated heterocycles. The summed E-state index contributed by atoms with van der Waals surface area (Å²) in [5.74, 6) is 0.658. The highest BCUT2D eigenvalue weighted by Crippen LogP contribution is 2.47. The van der Waals surface area contributed by atoms with Gasteiger partial charge in [-0.2, -0.15) is 0 Å². The van der Waals surface area contributed by atoms with E-state index in [9.17, 15) is 4.79 Å². The Balaban J connectivity index is 2.20. The van der Waals surface area contributed by atoms with Gasteiger partial charge in [0.05, 0.1) is 12.7 Å². The number of ether oxygens (including phenoxy) is 1. The van der Waals surface area contributed by atoms with Crippen molar-refractivity contribution in [2.75, 3.05) is 7.11 Å². The summed E-state index contributed by atoms with van der Waals surface area (Å²) in [5.41, 5.74) is 0.610. The number of rotatable bonds is 7. The van der Waals surface area contributed by atoms with Crippen LogP contribution in [0.25, 0.3) is 0 Å². The average molecular weight is 439 g/mol. The van der Waals surface area contributed by atoms with Crippen molar-refractivity contribution in [2.24, 2.45) is 0 Å². The molecule has 4 aromatic rings. The van der Waals surface area contributed by atoms with E-state index in [1.807, 2.05) is 42.5 Å². The second kappa shape index (κ2) is 9.85. The maximum Gasteiger partial charge on any atom is 0.193 e. The molecule has 0 saturated carbocycles. The maximum atomic E-state index is 14.2. The minimum absolute atomic E-state index is 0.0508. The van der Waals surface area contributed by atoms with Crippen LogP contribution in [-0.4, -0.2) is 18.2 Å². The molecule has 3 heteroatoms. The van der Waals surface area contributed by atoms with Crippen molar-refractivity contribution < 1.29 is 9.53 Å². The number of methoxy groups -OCH3 is 1. The first kappa shape index (κ1) is 21.9. The van der Waals surface area contributed by atoms with Crippen molar-refractivity contribution in [3.63, 3.8) is 0 Å². The summed E-state index contributed by atoms with van der Waals surface area (Å²) in [7, 11) is 1.62. The Morgan fingerprint density at radius 2 is 1.06 bits per heavy atom. The van der Waals surface area contributed by atoms with E-state index in [0.29, 0.717) is 17.7 Å². The highest BCUT2D eigenvalue weighted by atomic mass is 31.2. The number of Topliss-reactive ketones (excluding diaryl/α,β-unsaturated/α-hetero) is 1. The number of ketones is 1. The van der Waals surface area contributed by atoms with E-state index in [4.69, 9.17) is 4.74 Å². The van der Waals surface area contributed by atoms with Gasteiger partial charge in [-0.15, -0.1) is 0 Å². The fourth-order valence-electron chi connectivity index (χ4n) is 4.41. The van der Waals surface area contributed by atoms with Crippen molar-refractivity contribution >= 4 is 33.9 Å². The van der Waals surface area contributed by atoms with Gasteiger partial charge in [-0.3, -0.25) is 4.79 Å². The summed E-state index contributed by atoms with van der Waals surface area (Å²) in [6.45, 7) is -0.314. The van der Waals surface area contributed by atoms with Crippen LogP contribution < -0.4 is 20.7 Å². The van der Waals surface area contributed by atoms with Crippen LogP contribution in [-0.2, 0) is 0 Å². The summed E-state index contributed by atoms with van der Waals surface area (Å²) >= 11 is 0. The third-order valence-electron chi connectivity index (χ3n) is 5.78. The molecule has 2 nitrogen and oxygen atoms in total. The van der Waals surface area contributed by atoms with Crippen molar-refractivity contribution in [1.29, 1.82) is 0 Å². The SMILES string of the molecule is CCC(C(=O)c1ccccc1OC)=P(c1ccccc1)(c1ccccc1)c1ccccc1.